The molecule has 0 bridgehead atoms. The Balaban J connectivity index is 1.35. The Morgan fingerprint density at radius 2 is 1.92 bits per heavy atom. The van der Waals surface area contributed by atoms with E-state index in [9.17, 15) is 0 Å². The minimum Gasteiger partial charge on any atom is -0.381 e. The van der Waals surface area contributed by atoms with Crippen LogP contribution in [0.2, 0.25) is 0 Å². The molecule has 1 aromatic heterocycles. The first-order valence-corrected chi connectivity index (χ1v) is 10.5. The van der Waals surface area contributed by atoms with Gasteiger partial charge in [-0.05, 0) is 44.4 Å². The van der Waals surface area contributed by atoms with Gasteiger partial charge in [0.05, 0.1) is 12.3 Å². The quantitative estimate of drug-likeness (QED) is 0.824. The van der Waals surface area contributed by atoms with Crippen LogP contribution < -0.4 is 5.32 Å². The molecule has 0 amide bonds. The first-order chi connectivity index (χ1) is 12.8. The van der Waals surface area contributed by atoms with E-state index in [0.717, 1.165) is 63.6 Å². The first-order valence-electron chi connectivity index (χ1n) is 10.5. The fourth-order valence-electron chi connectivity index (χ4n) is 4.51. The molecule has 140 valence electrons. The van der Waals surface area contributed by atoms with Crippen LogP contribution in [0.5, 0.6) is 0 Å². The number of fused-ring (bicyclic) bond motifs is 1. The molecule has 1 N–H and O–H groups in total. The second-order valence-corrected chi connectivity index (χ2v) is 8.44. The Kier molecular flexibility index (Phi) is 4.67. The predicted octanol–water partition coefficient (Wildman–Crippen LogP) is 2.92. The van der Waals surface area contributed by atoms with Crippen molar-refractivity contribution in [1.29, 1.82) is 0 Å². The summed E-state index contributed by atoms with van der Waals surface area (Å²) in [4.78, 5) is 12.6. The monoisotopic (exact) mass is 354 g/mol. The predicted molar refractivity (Wildman–Crippen MR) is 103 cm³/mol. The van der Waals surface area contributed by atoms with E-state index < -0.39 is 0 Å². The molecule has 1 unspecified atom stereocenters. The van der Waals surface area contributed by atoms with Crippen molar-refractivity contribution in [2.45, 2.75) is 56.9 Å². The van der Waals surface area contributed by atoms with Crippen LogP contribution in [-0.2, 0) is 17.6 Å². The summed E-state index contributed by atoms with van der Waals surface area (Å²) in [7, 11) is 0. The van der Waals surface area contributed by atoms with Crippen molar-refractivity contribution in [3.8, 4) is 0 Å². The molecule has 5 heteroatoms. The number of aromatic nitrogens is 2. The fraction of sp³-hybridized carbons (Fsp3) is 0.714. The molecule has 0 radical (unpaired) electrons. The zero-order chi connectivity index (χ0) is 17.3. The van der Waals surface area contributed by atoms with Crippen molar-refractivity contribution in [2.75, 3.05) is 38.2 Å². The van der Waals surface area contributed by atoms with Crippen LogP contribution in [0.4, 0.5) is 5.82 Å². The maximum absolute atomic E-state index is 5.57. The standard InChI is InChI=1S/C21H30N4O/c1-2-4-17(3-1)22-21-18-7-10-25(13-15-9-12-26-14-15)11-8-19(18)23-20(24-21)16-5-6-16/h1-2,15-17H,3-14H2,(H,22,23,24). The van der Waals surface area contributed by atoms with E-state index in [2.05, 4.69) is 22.4 Å². The molecule has 2 aliphatic carbocycles. The lowest BCUT2D eigenvalue weighted by Gasteiger charge is -2.22. The molecule has 2 fully saturated rings. The second-order valence-electron chi connectivity index (χ2n) is 8.44. The van der Waals surface area contributed by atoms with E-state index in [4.69, 9.17) is 14.7 Å². The Bertz CT molecular complexity index is 671. The van der Waals surface area contributed by atoms with Gasteiger partial charge in [-0.1, -0.05) is 12.2 Å². The van der Waals surface area contributed by atoms with Crippen LogP contribution in [-0.4, -0.2) is 53.8 Å². The topological polar surface area (TPSA) is 50.3 Å². The molecule has 2 aliphatic heterocycles. The molecule has 1 saturated heterocycles. The van der Waals surface area contributed by atoms with Gasteiger partial charge in [-0.15, -0.1) is 0 Å². The summed E-state index contributed by atoms with van der Waals surface area (Å²) in [6, 6.07) is 0.510. The maximum atomic E-state index is 5.57. The second kappa shape index (κ2) is 7.28. The van der Waals surface area contributed by atoms with Gasteiger partial charge in [0.2, 0.25) is 0 Å². The van der Waals surface area contributed by atoms with E-state index >= 15 is 0 Å². The minimum absolute atomic E-state index is 0.510. The Hall–Kier alpha value is -1.46. The maximum Gasteiger partial charge on any atom is 0.134 e. The van der Waals surface area contributed by atoms with E-state index in [-0.39, 0.29) is 0 Å². The molecule has 1 saturated carbocycles. The average molecular weight is 354 g/mol. The normalized spacial score (nSPS) is 26.8. The zero-order valence-electron chi connectivity index (χ0n) is 15.6. The third-order valence-corrected chi connectivity index (χ3v) is 6.28. The molecule has 4 aliphatic rings. The lowest BCUT2D eigenvalue weighted by Crippen LogP contribution is -2.32. The highest BCUT2D eigenvalue weighted by Crippen LogP contribution is 2.39. The Labute approximate surface area is 156 Å². The summed E-state index contributed by atoms with van der Waals surface area (Å²) in [5, 5.41) is 3.76. The third kappa shape index (κ3) is 3.65. The van der Waals surface area contributed by atoms with E-state index in [1.165, 1.54) is 37.1 Å². The highest BCUT2D eigenvalue weighted by molar-refractivity contribution is 5.49. The summed E-state index contributed by atoms with van der Waals surface area (Å²) in [6.45, 7) is 5.30. The van der Waals surface area contributed by atoms with Crippen LogP contribution in [0.1, 0.15) is 55.1 Å². The lowest BCUT2D eigenvalue weighted by molar-refractivity contribution is 0.168. The van der Waals surface area contributed by atoms with E-state index in [0.29, 0.717) is 17.9 Å². The molecule has 26 heavy (non-hydrogen) atoms. The average Bonchev–Trinajstić information content (AvgIpc) is 3.21. The highest BCUT2D eigenvalue weighted by atomic mass is 16.5. The molecular weight excluding hydrogens is 324 g/mol. The molecule has 1 atom stereocenters. The van der Waals surface area contributed by atoms with Crippen molar-refractivity contribution in [3.05, 3.63) is 29.2 Å². The van der Waals surface area contributed by atoms with Gasteiger partial charge in [0.1, 0.15) is 11.6 Å². The van der Waals surface area contributed by atoms with Crippen LogP contribution in [0.25, 0.3) is 0 Å². The molecular formula is C21H30N4O. The van der Waals surface area contributed by atoms with Crippen molar-refractivity contribution in [2.24, 2.45) is 5.92 Å². The van der Waals surface area contributed by atoms with Crippen molar-refractivity contribution in [1.82, 2.24) is 14.9 Å². The molecule has 3 heterocycles. The largest absolute Gasteiger partial charge is 0.381 e. The molecule has 1 aromatic rings. The van der Waals surface area contributed by atoms with E-state index in [1.807, 2.05) is 0 Å². The third-order valence-electron chi connectivity index (χ3n) is 6.28. The Morgan fingerprint density at radius 3 is 2.69 bits per heavy atom. The summed E-state index contributed by atoms with van der Waals surface area (Å²) >= 11 is 0. The highest BCUT2D eigenvalue weighted by Gasteiger charge is 2.30. The Morgan fingerprint density at radius 1 is 1.08 bits per heavy atom. The van der Waals surface area contributed by atoms with Crippen LogP contribution in [0.15, 0.2) is 12.2 Å². The zero-order valence-corrected chi connectivity index (χ0v) is 15.6. The van der Waals surface area contributed by atoms with Crippen molar-refractivity contribution < 1.29 is 4.74 Å². The van der Waals surface area contributed by atoms with Gasteiger partial charge in [-0.25, -0.2) is 9.97 Å². The van der Waals surface area contributed by atoms with Crippen LogP contribution in [0.3, 0.4) is 0 Å². The number of ether oxygens (including phenoxy) is 1. The number of nitrogens with one attached hydrogen (secondary N) is 1. The summed E-state index contributed by atoms with van der Waals surface area (Å²) < 4.78 is 5.57. The van der Waals surface area contributed by atoms with Crippen molar-refractivity contribution >= 4 is 5.82 Å². The molecule has 0 aromatic carbocycles. The smallest absolute Gasteiger partial charge is 0.134 e. The summed E-state index contributed by atoms with van der Waals surface area (Å²) in [6.07, 6.45) is 12.7. The van der Waals surface area contributed by atoms with Crippen LogP contribution in [0, 0.1) is 5.92 Å². The van der Waals surface area contributed by atoms with Gasteiger partial charge < -0.3 is 15.0 Å². The number of anilines is 1. The summed E-state index contributed by atoms with van der Waals surface area (Å²) in [5.74, 6) is 3.55. The van der Waals surface area contributed by atoms with Crippen LogP contribution >= 0.6 is 0 Å². The van der Waals surface area contributed by atoms with Gasteiger partial charge in [0.15, 0.2) is 0 Å². The fourth-order valence-corrected chi connectivity index (χ4v) is 4.51. The van der Waals surface area contributed by atoms with Crippen molar-refractivity contribution in [3.63, 3.8) is 0 Å². The number of hydrogen-bond acceptors (Lipinski definition) is 5. The van der Waals surface area contributed by atoms with Gasteiger partial charge in [0.25, 0.3) is 0 Å². The molecule has 5 rings (SSSR count). The van der Waals surface area contributed by atoms with Gasteiger partial charge in [-0.3, -0.25) is 0 Å². The molecule has 5 nitrogen and oxygen atoms in total. The van der Waals surface area contributed by atoms with E-state index in [1.54, 1.807) is 0 Å². The number of nitrogens with zero attached hydrogens (tertiary/aromatic N) is 3. The van der Waals surface area contributed by atoms with Gasteiger partial charge >= 0.3 is 0 Å². The first kappa shape index (κ1) is 16.7. The van der Waals surface area contributed by atoms with Gasteiger partial charge in [0, 0.05) is 50.2 Å². The number of rotatable bonds is 5. The lowest BCUT2D eigenvalue weighted by atomic mass is 10.1. The minimum atomic E-state index is 0.510. The summed E-state index contributed by atoms with van der Waals surface area (Å²) in [5.41, 5.74) is 2.69. The SMILES string of the molecule is C1=CCC(Nc2nc(C3CC3)nc3c2CCN(CC2CCOC2)CC3)C1. The number of hydrogen-bond donors (Lipinski definition) is 1. The van der Waals surface area contributed by atoms with Gasteiger partial charge in [-0.2, -0.15) is 0 Å². The molecule has 0 spiro atoms.